The smallest absolute Gasteiger partial charge is 0.319 e. The fraction of sp³-hybridized carbons (Fsp3) is 0.222. The van der Waals surface area contributed by atoms with Crippen LogP contribution < -0.4 is 0 Å². The number of hydrogen-bond donors (Lipinski definition) is 0. The summed E-state index contributed by atoms with van der Waals surface area (Å²) in [4.78, 5) is 17.4. The van der Waals surface area contributed by atoms with Crippen LogP contribution in [0, 0.1) is 0 Å². The fourth-order valence-electron chi connectivity index (χ4n) is 4.50. The Balaban J connectivity index is 1.74. The molecule has 1 aliphatic heterocycles. The van der Waals surface area contributed by atoms with Crippen LogP contribution in [0.5, 0.6) is 0 Å². The number of urea groups is 1. The van der Waals surface area contributed by atoms with E-state index in [9.17, 15) is 4.79 Å². The van der Waals surface area contributed by atoms with Gasteiger partial charge in [0.2, 0.25) is 0 Å². The van der Waals surface area contributed by atoms with Gasteiger partial charge in [0.15, 0.2) is 0 Å². The van der Waals surface area contributed by atoms with Crippen molar-refractivity contribution in [1.82, 2.24) is 9.80 Å². The van der Waals surface area contributed by atoms with Crippen LogP contribution in [0.15, 0.2) is 91.5 Å². The van der Waals surface area contributed by atoms with Crippen LogP contribution in [-0.4, -0.2) is 28.9 Å². The van der Waals surface area contributed by atoms with E-state index in [2.05, 4.69) is 30.8 Å². The number of allylic oxidation sites excluding steroid dienone is 1. The minimum Gasteiger partial charge on any atom is -0.319 e. The molecular formula is C27H26Cl2N2O. The van der Waals surface area contributed by atoms with E-state index < -0.39 is 0 Å². The van der Waals surface area contributed by atoms with Crippen molar-refractivity contribution in [3.8, 4) is 0 Å². The maximum absolute atomic E-state index is 13.6. The highest BCUT2D eigenvalue weighted by atomic mass is 35.5. The van der Waals surface area contributed by atoms with Gasteiger partial charge in [0, 0.05) is 31.6 Å². The van der Waals surface area contributed by atoms with E-state index in [0.29, 0.717) is 36.2 Å². The van der Waals surface area contributed by atoms with Crippen LogP contribution in [0.2, 0.25) is 10.0 Å². The van der Waals surface area contributed by atoms with Gasteiger partial charge in [-0.25, -0.2) is 4.79 Å². The summed E-state index contributed by atoms with van der Waals surface area (Å²) in [5.74, 6) is 0. The molecule has 0 saturated carbocycles. The molecule has 0 radical (unpaired) electrons. The topological polar surface area (TPSA) is 23.6 Å². The Morgan fingerprint density at radius 2 is 1.34 bits per heavy atom. The van der Waals surface area contributed by atoms with E-state index >= 15 is 0 Å². The summed E-state index contributed by atoms with van der Waals surface area (Å²) in [5.41, 5.74) is 2.93. The van der Waals surface area contributed by atoms with Gasteiger partial charge in [-0.2, -0.15) is 0 Å². The molecule has 1 aliphatic rings. The minimum atomic E-state index is -0.340. The number of halogens is 2. The van der Waals surface area contributed by atoms with E-state index in [4.69, 9.17) is 23.2 Å². The number of carbonyl (C=O) groups is 1. The summed E-state index contributed by atoms with van der Waals surface area (Å²) in [6, 6.07) is 26.0. The van der Waals surface area contributed by atoms with Crippen molar-refractivity contribution in [2.75, 3.05) is 13.1 Å². The molecule has 2 amide bonds. The molecule has 0 spiro atoms. The van der Waals surface area contributed by atoms with Crippen LogP contribution in [0.3, 0.4) is 0 Å². The molecule has 0 unspecified atom stereocenters. The first-order chi connectivity index (χ1) is 15.5. The number of amides is 2. The third-order valence-corrected chi connectivity index (χ3v) is 6.77. The van der Waals surface area contributed by atoms with Crippen LogP contribution >= 0.6 is 23.2 Å². The standard InChI is InChI=1S/C27H26Cl2N2O/c1-2-15-27(23-13-14-24(28)25(29)16-23)19-30(17-21-9-5-3-6-10-21)26(32)31(20-27)18-22-11-7-4-8-12-22/h2-14,16H,1,15,17-20H2. The van der Waals surface area contributed by atoms with Crippen molar-refractivity contribution < 1.29 is 4.79 Å². The molecule has 3 nitrogen and oxygen atoms in total. The van der Waals surface area contributed by atoms with Crippen LogP contribution in [0.1, 0.15) is 23.1 Å². The highest BCUT2D eigenvalue weighted by Crippen LogP contribution is 2.38. The van der Waals surface area contributed by atoms with Crippen LogP contribution in [-0.2, 0) is 18.5 Å². The lowest BCUT2D eigenvalue weighted by Gasteiger charge is -2.48. The lowest BCUT2D eigenvalue weighted by Crippen LogP contribution is -2.59. The van der Waals surface area contributed by atoms with Crippen LogP contribution in [0.25, 0.3) is 0 Å². The second-order valence-corrected chi connectivity index (χ2v) is 9.18. The Morgan fingerprint density at radius 3 is 1.81 bits per heavy atom. The Morgan fingerprint density at radius 1 is 0.812 bits per heavy atom. The largest absolute Gasteiger partial charge is 0.320 e. The van der Waals surface area contributed by atoms with Crippen molar-refractivity contribution in [2.24, 2.45) is 0 Å². The average molecular weight is 465 g/mol. The molecular weight excluding hydrogens is 439 g/mol. The van der Waals surface area contributed by atoms with Crippen molar-refractivity contribution in [3.05, 3.63) is 118 Å². The number of nitrogens with zero attached hydrogens (tertiary/aromatic N) is 2. The summed E-state index contributed by atoms with van der Waals surface area (Å²) >= 11 is 12.6. The summed E-state index contributed by atoms with van der Waals surface area (Å²) in [5, 5.41) is 1.05. The highest BCUT2D eigenvalue weighted by Gasteiger charge is 2.43. The average Bonchev–Trinajstić information content (AvgIpc) is 2.80. The Bertz CT molecular complexity index is 1030. The second kappa shape index (κ2) is 9.81. The Kier molecular flexibility index (Phi) is 6.88. The second-order valence-electron chi connectivity index (χ2n) is 8.37. The van der Waals surface area contributed by atoms with Gasteiger partial charge in [-0.15, -0.1) is 6.58 Å². The summed E-state index contributed by atoms with van der Waals surface area (Å²) in [7, 11) is 0. The zero-order chi connectivity index (χ0) is 22.6. The summed E-state index contributed by atoms with van der Waals surface area (Å²) in [6.45, 7) is 6.27. The molecule has 0 aliphatic carbocycles. The predicted octanol–water partition coefficient (Wildman–Crippen LogP) is 6.95. The third kappa shape index (κ3) is 4.85. The SMILES string of the molecule is C=CCC1(c2ccc(Cl)c(Cl)c2)CN(Cc2ccccc2)C(=O)N(Cc2ccccc2)C1. The molecule has 4 rings (SSSR count). The quantitative estimate of drug-likeness (QED) is 0.347. The molecule has 5 heteroatoms. The molecule has 1 fully saturated rings. The number of carbonyl (C=O) groups excluding carboxylic acids is 1. The summed E-state index contributed by atoms with van der Waals surface area (Å²) in [6.07, 6.45) is 2.65. The van der Waals surface area contributed by atoms with Crippen LogP contribution in [0.4, 0.5) is 4.79 Å². The molecule has 0 aromatic heterocycles. The summed E-state index contributed by atoms with van der Waals surface area (Å²) < 4.78 is 0. The first-order valence-electron chi connectivity index (χ1n) is 10.7. The molecule has 1 heterocycles. The molecule has 3 aromatic rings. The van der Waals surface area contributed by atoms with Gasteiger partial charge in [-0.3, -0.25) is 0 Å². The van der Waals surface area contributed by atoms with Crippen molar-refractivity contribution >= 4 is 29.2 Å². The fourth-order valence-corrected chi connectivity index (χ4v) is 4.80. The normalized spacial score (nSPS) is 15.6. The number of hydrogen-bond acceptors (Lipinski definition) is 1. The van der Waals surface area contributed by atoms with Gasteiger partial charge in [0.25, 0.3) is 0 Å². The van der Waals surface area contributed by atoms with Crippen molar-refractivity contribution in [1.29, 1.82) is 0 Å². The van der Waals surface area contributed by atoms with Gasteiger partial charge in [-0.05, 0) is 35.2 Å². The third-order valence-electron chi connectivity index (χ3n) is 6.03. The minimum absolute atomic E-state index is 0.0393. The van der Waals surface area contributed by atoms with Gasteiger partial charge in [-0.1, -0.05) is 96.0 Å². The van der Waals surface area contributed by atoms with E-state index in [0.717, 1.165) is 23.1 Å². The van der Waals surface area contributed by atoms with E-state index in [1.807, 2.05) is 70.5 Å². The van der Waals surface area contributed by atoms with Gasteiger partial charge < -0.3 is 9.80 Å². The van der Waals surface area contributed by atoms with E-state index in [1.165, 1.54) is 0 Å². The maximum Gasteiger partial charge on any atom is 0.320 e. The van der Waals surface area contributed by atoms with Gasteiger partial charge in [0.1, 0.15) is 0 Å². The molecule has 164 valence electrons. The van der Waals surface area contributed by atoms with Gasteiger partial charge in [0.05, 0.1) is 10.0 Å². The molecule has 1 saturated heterocycles. The first kappa shape index (κ1) is 22.4. The van der Waals surface area contributed by atoms with E-state index in [-0.39, 0.29) is 11.4 Å². The molecule has 0 atom stereocenters. The molecule has 3 aromatic carbocycles. The number of rotatable bonds is 7. The van der Waals surface area contributed by atoms with E-state index in [1.54, 1.807) is 0 Å². The highest BCUT2D eigenvalue weighted by molar-refractivity contribution is 6.42. The number of benzene rings is 3. The molecule has 0 bridgehead atoms. The molecule has 0 N–H and O–H groups in total. The van der Waals surface area contributed by atoms with Crippen molar-refractivity contribution in [2.45, 2.75) is 24.9 Å². The predicted molar refractivity (Wildman–Crippen MR) is 132 cm³/mol. The van der Waals surface area contributed by atoms with Crippen molar-refractivity contribution in [3.63, 3.8) is 0 Å². The lowest BCUT2D eigenvalue weighted by atomic mass is 9.75. The lowest BCUT2D eigenvalue weighted by molar-refractivity contribution is 0.0813. The monoisotopic (exact) mass is 464 g/mol. The maximum atomic E-state index is 13.6. The first-order valence-corrected chi connectivity index (χ1v) is 11.4. The Labute approximate surface area is 199 Å². The van der Waals surface area contributed by atoms with Gasteiger partial charge >= 0.3 is 6.03 Å². The molecule has 32 heavy (non-hydrogen) atoms. The zero-order valence-corrected chi connectivity index (χ0v) is 19.4. The zero-order valence-electron chi connectivity index (χ0n) is 17.9. The Hall–Kier alpha value is -2.75.